The first kappa shape index (κ1) is 9.62. The highest BCUT2D eigenvalue weighted by Crippen LogP contribution is 2.24. The average Bonchev–Trinajstić information content (AvgIpc) is 1.60. The molecule has 10 heavy (non-hydrogen) atoms. The Kier molecular flexibility index (Phi) is 3.02. The molecule has 0 bridgehead atoms. The quantitative estimate of drug-likeness (QED) is 0.578. The Morgan fingerprint density at radius 1 is 1.50 bits per heavy atom. The van der Waals surface area contributed by atoms with Crippen LogP contribution >= 0.6 is 12.4 Å². The third-order valence-electron chi connectivity index (χ3n) is 1.23. The van der Waals surface area contributed by atoms with Gasteiger partial charge in [-0.05, 0) is 0 Å². The first-order chi connectivity index (χ1) is 4.10. The van der Waals surface area contributed by atoms with Gasteiger partial charge in [0, 0.05) is 13.0 Å². The largest absolute Gasteiger partial charge is 0.356 e. The molecule has 0 aromatic heterocycles. The Labute approximate surface area is 63.4 Å². The maximum Gasteiger partial charge on any atom is 0.258 e. The van der Waals surface area contributed by atoms with Crippen LogP contribution in [0.4, 0.5) is 8.78 Å². The van der Waals surface area contributed by atoms with E-state index in [9.17, 15) is 13.6 Å². The molecule has 60 valence electrons. The molecule has 0 atom stereocenters. The molecule has 1 rings (SSSR count). The van der Waals surface area contributed by atoms with Gasteiger partial charge in [-0.15, -0.1) is 12.4 Å². The summed E-state index contributed by atoms with van der Waals surface area (Å²) in [4.78, 5) is 10.3. The molecule has 1 amide bonds. The fraction of sp³-hybridized carbons (Fsp3) is 0.800. The van der Waals surface area contributed by atoms with E-state index < -0.39 is 18.3 Å². The van der Waals surface area contributed by atoms with E-state index in [1.165, 1.54) is 0 Å². The van der Waals surface area contributed by atoms with Crippen molar-refractivity contribution in [2.24, 2.45) is 0 Å². The number of carbonyl (C=O) groups excluding carboxylic acids is 1. The number of halogens is 3. The van der Waals surface area contributed by atoms with Crippen molar-refractivity contribution in [3.05, 3.63) is 0 Å². The summed E-state index contributed by atoms with van der Waals surface area (Å²) in [6.07, 6.45) is -0.869. The normalized spacial score (nSPS) is 22.8. The van der Waals surface area contributed by atoms with Crippen molar-refractivity contribution < 1.29 is 13.6 Å². The molecule has 5 heteroatoms. The third-order valence-corrected chi connectivity index (χ3v) is 1.23. The van der Waals surface area contributed by atoms with E-state index in [0.29, 0.717) is 0 Å². The molecule has 0 saturated carbocycles. The van der Waals surface area contributed by atoms with Gasteiger partial charge in [0.05, 0.1) is 6.42 Å². The number of hydrogen-bond acceptors (Lipinski definition) is 1. The SMILES string of the molecule is Cl.O=C1CC(F)(F)CCN1. The summed E-state index contributed by atoms with van der Waals surface area (Å²) < 4.78 is 24.4. The molecule has 1 aliphatic rings. The van der Waals surface area contributed by atoms with Crippen molar-refractivity contribution in [1.82, 2.24) is 5.32 Å². The first-order valence-corrected chi connectivity index (χ1v) is 2.75. The van der Waals surface area contributed by atoms with Crippen molar-refractivity contribution in [2.75, 3.05) is 6.54 Å². The van der Waals surface area contributed by atoms with Crippen LogP contribution in [0, 0.1) is 0 Å². The zero-order valence-electron chi connectivity index (χ0n) is 5.19. The van der Waals surface area contributed by atoms with E-state index in [1.807, 2.05) is 0 Å². The Morgan fingerprint density at radius 2 is 2.10 bits per heavy atom. The lowest BCUT2D eigenvalue weighted by Crippen LogP contribution is -2.39. The summed E-state index contributed by atoms with van der Waals surface area (Å²) >= 11 is 0. The van der Waals surface area contributed by atoms with Crippen LogP contribution in [0.1, 0.15) is 12.8 Å². The van der Waals surface area contributed by atoms with Crippen molar-refractivity contribution in [1.29, 1.82) is 0 Å². The van der Waals surface area contributed by atoms with E-state index in [4.69, 9.17) is 0 Å². The standard InChI is InChI=1S/C5H7F2NO.ClH/c6-5(7)1-2-8-4(9)3-5;/h1-3H2,(H,8,9);1H. The molecular formula is C5H8ClF2NO. The van der Waals surface area contributed by atoms with Crippen LogP contribution in [-0.4, -0.2) is 18.4 Å². The summed E-state index contributed by atoms with van der Waals surface area (Å²) in [5.74, 6) is -3.31. The smallest absolute Gasteiger partial charge is 0.258 e. The predicted octanol–water partition coefficient (Wildman–Crippen LogP) is 0.953. The van der Waals surface area contributed by atoms with Gasteiger partial charge in [-0.1, -0.05) is 0 Å². The van der Waals surface area contributed by atoms with Crippen LogP contribution in [0.15, 0.2) is 0 Å². The minimum absolute atomic E-state index is 0. The second-order valence-corrected chi connectivity index (χ2v) is 2.13. The number of amides is 1. The van der Waals surface area contributed by atoms with Gasteiger partial charge < -0.3 is 5.32 Å². The molecule has 0 aromatic carbocycles. The second kappa shape index (κ2) is 3.14. The molecule has 1 saturated heterocycles. The monoisotopic (exact) mass is 171 g/mol. The molecule has 0 radical (unpaired) electrons. The van der Waals surface area contributed by atoms with Crippen LogP contribution in [-0.2, 0) is 4.79 Å². The van der Waals surface area contributed by atoms with E-state index in [0.717, 1.165) is 0 Å². The number of piperidine rings is 1. The molecule has 0 aromatic rings. The Morgan fingerprint density at radius 3 is 2.40 bits per heavy atom. The molecule has 1 heterocycles. The Hall–Kier alpha value is -0.380. The third kappa shape index (κ3) is 2.47. The molecule has 1 N–H and O–H groups in total. The van der Waals surface area contributed by atoms with Crippen LogP contribution < -0.4 is 5.32 Å². The summed E-state index contributed by atoms with van der Waals surface area (Å²) in [5, 5.41) is 2.32. The van der Waals surface area contributed by atoms with Crippen LogP contribution in [0.2, 0.25) is 0 Å². The fourth-order valence-corrected chi connectivity index (χ4v) is 0.771. The van der Waals surface area contributed by atoms with Crippen molar-refractivity contribution in [3.8, 4) is 0 Å². The highest BCUT2D eigenvalue weighted by molar-refractivity contribution is 5.85. The zero-order chi connectivity index (χ0) is 6.91. The fourth-order valence-electron chi connectivity index (χ4n) is 0.771. The van der Waals surface area contributed by atoms with Gasteiger partial charge in [0.2, 0.25) is 5.91 Å². The van der Waals surface area contributed by atoms with Crippen LogP contribution in [0.25, 0.3) is 0 Å². The lowest BCUT2D eigenvalue weighted by molar-refractivity contribution is -0.133. The Bertz CT molecular complexity index is 140. The average molecular weight is 172 g/mol. The molecule has 0 aliphatic carbocycles. The van der Waals surface area contributed by atoms with E-state index in [-0.39, 0.29) is 25.4 Å². The van der Waals surface area contributed by atoms with Gasteiger partial charge >= 0.3 is 0 Å². The topological polar surface area (TPSA) is 29.1 Å². The van der Waals surface area contributed by atoms with Gasteiger partial charge in [0.25, 0.3) is 5.92 Å². The number of alkyl halides is 2. The maximum absolute atomic E-state index is 12.2. The van der Waals surface area contributed by atoms with Gasteiger partial charge in [0.1, 0.15) is 0 Å². The van der Waals surface area contributed by atoms with E-state index >= 15 is 0 Å². The van der Waals surface area contributed by atoms with Crippen LogP contribution in [0.3, 0.4) is 0 Å². The first-order valence-electron chi connectivity index (χ1n) is 2.75. The van der Waals surface area contributed by atoms with Gasteiger partial charge in [-0.2, -0.15) is 0 Å². The summed E-state index contributed by atoms with van der Waals surface area (Å²) in [7, 11) is 0. The minimum Gasteiger partial charge on any atom is -0.356 e. The van der Waals surface area contributed by atoms with E-state index in [2.05, 4.69) is 5.32 Å². The molecule has 1 fully saturated rings. The predicted molar refractivity (Wildman–Crippen MR) is 34.4 cm³/mol. The molecular weight excluding hydrogens is 164 g/mol. The summed E-state index contributed by atoms with van der Waals surface area (Å²) in [6, 6.07) is 0. The van der Waals surface area contributed by atoms with Crippen molar-refractivity contribution >= 4 is 18.3 Å². The molecule has 2 nitrogen and oxygen atoms in total. The Balaban J connectivity index is 0.000000810. The molecule has 1 aliphatic heterocycles. The van der Waals surface area contributed by atoms with Crippen molar-refractivity contribution in [2.45, 2.75) is 18.8 Å². The molecule has 0 spiro atoms. The summed E-state index contributed by atoms with van der Waals surface area (Å²) in [6.45, 7) is 0.103. The minimum atomic E-state index is -2.76. The zero-order valence-corrected chi connectivity index (χ0v) is 6.01. The molecule has 0 unspecified atom stereocenters. The lowest BCUT2D eigenvalue weighted by atomic mass is 10.1. The maximum atomic E-state index is 12.2. The van der Waals surface area contributed by atoms with Gasteiger partial charge in [0.15, 0.2) is 0 Å². The number of carbonyl (C=O) groups is 1. The highest BCUT2D eigenvalue weighted by atomic mass is 35.5. The van der Waals surface area contributed by atoms with E-state index in [1.54, 1.807) is 0 Å². The van der Waals surface area contributed by atoms with Crippen LogP contribution in [0.5, 0.6) is 0 Å². The summed E-state index contributed by atoms with van der Waals surface area (Å²) in [5.41, 5.74) is 0. The number of nitrogens with one attached hydrogen (secondary N) is 1. The highest BCUT2D eigenvalue weighted by Gasteiger charge is 2.35. The lowest BCUT2D eigenvalue weighted by Gasteiger charge is -2.20. The second-order valence-electron chi connectivity index (χ2n) is 2.13. The number of rotatable bonds is 0. The van der Waals surface area contributed by atoms with Gasteiger partial charge in [-0.3, -0.25) is 4.79 Å². The van der Waals surface area contributed by atoms with Crippen molar-refractivity contribution in [3.63, 3.8) is 0 Å². The van der Waals surface area contributed by atoms with Gasteiger partial charge in [-0.25, -0.2) is 8.78 Å². The number of hydrogen-bond donors (Lipinski definition) is 1.